The highest BCUT2D eigenvalue weighted by Gasteiger charge is 2.25. The minimum Gasteiger partial charge on any atom is -0.539 e. The Hall–Kier alpha value is -2.77. The first kappa shape index (κ1) is 15.6. The molecule has 0 bridgehead atoms. The number of rotatable bonds is 5. The van der Waals surface area contributed by atoms with Crippen LogP contribution in [0.3, 0.4) is 0 Å². The molecule has 0 spiro atoms. The highest BCUT2D eigenvalue weighted by molar-refractivity contribution is 5.99. The van der Waals surface area contributed by atoms with Crippen LogP contribution in [0.25, 0.3) is 0 Å². The van der Waals surface area contributed by atoms with Crippen molar-refractivity contribution in [3.8, 4) is 17.4 Å². The molecule has 2 rings (SSSR count). The predicted octanol–water partition coefficient (Wildman–Crippen LogP) is -0.138. The van der Waals surface area contributed by atoms with Crippen LogP contribution < -0.4 is 19.3 Å². The number of amides is 1. The summed E-state index contributed by atoms with van der Waals surface area (Å²) in [6, 6.07) is 5.06. The lowest BCUT2D eigenvalue weighted by Crippen LogP contribution is -2.39. The van der Waals surface area contributed by atoms with Gasteiger partial charge in [0, 0.05) is 7.05 Å². The lowest BCUT2D eigenvalue weighted by Gasteiger charge is -2.18. The Morgan fingerprint density at radius 2 is 1.95 bits per heavy atom. The van der Waals surface area contributed by atoms with Crippen LogP contribution in [-0.2, 0) is 13.6 Å². The molecule has 22 heavy (non-hydrogen) atoms. The van der Waals surface area contributed by atoms with Gasteiger partial charge in [-0.1, -0.05) is 10.7 Å². The number of methoxy groups -OCH3 is 2. The first-order valence-corrected chi connectivity index (χ1v) is 6.48. The van der Waals surface area contributed by atoms with E-state index in [-0.39, 0.29) is 18.1 Å². The number of aryl methyl sites for hydroxylation is 1. The minimum absolute atomic E-state index is 0.0544. The molecule has 0 fully saturated rings. The standard InChI is InChI=1S/C14H17N3O5/c1-16(8-9-14(19)22-15-17(9)2)13(18)12-10(20-3)6-5-7-11(12)21-4/h5-7H,8H2,1-4H3. The summed E-state index contributed by atoms with van der Waals surface area (Å²) in [6.45, 7) is 0.0544. The Kier molecular flexibility index (Phi) is 4.50. The molecule has 0 aliphatic rings. The molecule has 0 radical (unpaired) electrons. The molecule has 1 heterocycles. The monoisotopic (exact) mass is 307 g/mol. The summed E-state index contributed by atoms with van der Waals surface area (Å²) in [5.41, 5.74) is 0.561. The largest absolute Gasteiger partial charge is 0.539 e. The van der Waals surface area contributed by atoms with Crippen LogP contribution in [0.4, 0.5) is 0 Å². The highest BCUT2D eigenvalue weighted by atomic mass is 16.6. The maximum absolute atomic E-state index is 12.7. The van der Waals surface area contributed by atoms with Gasteiger partial charge < -0.3 is 24.0 Å². The van der Waals surface area contributed by atoms with Crippen LogP contribution in [0, 0.1) is 0 Å². The second-order valence-electron chi connectivity index (χ2n) is 4.63. The van der Waals surface area contributed by atoms with Gasteiger partial charge in [0.1, 0.15) is 23.6 Å². The molecule has 118 valence electrons. The predicted molar refractivity (Wildman–Crippen MR) is 72.5 cm³/mol. The molecule has 8 heteroatoms. The summed E-state index contributed by atoms with van der Waals surface area (Å²) in [6.07, 6.45) is 0. The molecule has 0 N–H and O–H groups in total. The van der Waals surface area contributed by atoms with Crippen molar-refractivity contribution in [3.05, 3.63) is 29.5 Å². The van der Waals surface area contributed by atoms with Gasteiger partial charge in [-0.3, -0.25) is 4.79 Å². The maximum atomic E-state index is 12.7. The molecule has 1 aromatic heterocycles. The van der Waals surface area contributed by atoms with Gasteiger partial charge in [0.25, 0.3) is 11.6 Å². The lowest BCUT2D eigenvalue weighted by molar-refractivity contribution is -0.746. The third-order valence-corrected chi connectivity index (χ3v) is 3.25. The highest BCUT2D eigenvalue weighted by Crippen LogP contribution is 2.29. The molecule has 1 amide bonds. The van der Waals surface area contributed by atoms with Crippen molar-refractivity contribution in [2.45, 2.75) is 6.54 Å². The zero-order valence-electron chi connectivity index (χ0n) is 12.8. The molecule has 2 aromatic rings. The van der Waals surface area contributed by atoms with Gasteiger partial charge in [-0.25, -0.2) is 0 Å². The van der Waals surface area contributed by atoms with Gasteiger partial charge in [0.15, 0.2) is 13.0 Å². The van der Waals surface area contributed by atoms with E-state index in [0.29, 0.717) is 17.1 Å². The van der Waals surface area contributed by atoms with E-state index in [1.165, 1.54) is 23.8 Å². The average molecular weight is 307 g/mol. The Bertz CT molecular complexity index is 641. The van der Waals surface area contributed by atoms with Crippen LogP contribution >= 0.6 is 0 Å². The summed E-state index contributed by atoms with van der Waals surface area (Å²) in [5, 5.41) is 15.1. The number of ether oxygens (including phenoxy) is 2. The fourth-order valence-electron chi connectivity index (χ4n) is 2.05. The summed E-state index contributed by atoms with van der Waals surface area (Å²) in [7, 11) is 6.09. The summed E-state index contributed by atoms with van der Waals surface area (Å²) in [4.78, 5) is 14.0. The number of hydrogen-bond donors (Lipinski definition) is 0. The first-order valence-electron chi connectivity index (χ1n) is 6.48. The molecule has 0 saturated heterocycles. The SMILES string of the molecule is COc1cccc(OC)c1C(=O)N(C)Cc1c([O-])on[n+]1C. The van der Waals surface area contributed by atoms with Crippen LogP contribution in [0.5, 0.6) is 17.4 Å². The number of carbonyl (C=O) groups excluding carboxylic acids is 1. The van der Waals surface area contributed by atoms with Crippen LogP contribution in [0.15, 0.2) is 22.7 Å². The first-order chi connectivity index (χ1) is 10.5. The lowest BCUT2D eigenvalue weighted by atomic mass is 10.1. The fraction of sp³-hybridized carbons (Fsp3) is 0.357. The molecular formula is C14H17N3O5. The second-order valence-corrected chi connectivity index (χ2v) is 4.63. The van der Waals surface area contributed by atoms with Gasteiger partial charge in [-0.15, -0.1) is 0 Å². The van der Waals surface area contributed by atoms with Crippen molar-refractivity contribution in [1.29, 1.82) is 0 Å². The van der Waals surface area contributed by atoms with Crippen LogP contribution in [0.1, 0.15) is 16.1 Å². The third kappa shape index (κ3) is 2.80. The smallest absolute Gasteiger partial charge is 0.261 e. The Morgan fingerprint density at radius 1 is 1.36 bits per heavy atom. The zero-order valence-corrected chi connectivity index (χ0v) is 12.8. The van der Waals surface area contributed by atoms with Crippen LogP contribution in [0.2, 0.25) is 0 Å². The quantitative estimate of drug-likeness (QED) is 0.714. The van der Waals surface area contributed by atoms with Gasteiger partial charge in [0.05, 0.1) is 19.5 Å². The van der Waals surface area contributed by atoms with Crippen molar-refractivity contribution in [2.75, 3.05) is 21.3 Å². The van der Waals surface area contributed by atoms with E-state index in [0.717, 1.165) is 0 Å². The van der Waals surface area contributed by atoms with E-state index in [1.807, 2.05) is 0 Å². The average Bonchev–Trinajstić information content (AvgIpc) is 2.85. The summed E-state index contributed by atoms with van der Waals surface area (Å²) in [5.74, 6) is -0.120. The van der Waals surface area contributed by atoms with Gasteiger partial charge in [-0.05, 0) is 12.1 Å². The van der Waals surface area contributed by atoms with Gasteiger partial charge in [0.2, 0.25) is 0 Å². The topological polar surface area (TPSA) is 91.7 Å². The molecular weight excluding hydrogens is 290 g/mol. The Balaban J connectivity index is 2.32. The van der Waals surface area contributed by atoms with E-state index in [2.05, 4.69) is 9.79 Å². The van der Waals surface area contributed by atoms with Crippen molar-refractivity contribution in [3.63, 3.8) is 0 Å². The molecule has 0 aliphatic heterocycles. The van der Waals surface area contributed by atoms with E-state index in [4.69, 9.17) is 9.47 Å². The molecule has 0 saturated carbocycles. The number of aromatic nitrogens is 2. The number of carbonyl (C=O) groups is 1. The van der Waals surface area contributed by atoms with Crippen molar-refractivity contribution >= 4 is 5.91 Å². The fourth-order valence-corrected chi connectivity index (χ4v) is 2.05. The molecule has 8 nitrogen and oxygen atoms in total. The Morgan fingerprint density at radius 3 is 2.41 bits per heavy atom. The van der Waals surface area contributed by atoms with Crippen molar-refractivity contribution in [2.24, 2.45) is 7.05 Å². The number of benzene rings is 1. The number of nitrogens with zero attached hydrogens (tertiary/aromatic N) is 3. The zero-order chi connectivity index (χ0) is 16.3. The maximum Gasteiger partial charge on any atom is 0.261 e. The van der Waals surface area contributed by atoms with Gasteiger partial charge >= 0.3 is 0 Å². The van der Waals surface area contributed by atoms with E-state index in [1.54, 1.807) is 32.3 Å². The third-order valence-electron chi connectivity index (χ3n) is 3.25. The van der Waals surface area contributed by atoms with Gasteiger partial charge in [-0.2, -0.15) is 0 Å². The summed E-state index contributed by atoms with van der Waals surface area (Å²) < 4.78 is 16.3. The normalized spacial score (nSPS) is 10.4. The van der Waals surface area contributed by atoms with Crippen molar-refractivity contribution in [1.82, 2.24) is 10.2 Å². The van der Waals surface area contributed by atoms with E-state index < -0.39 is 5.95 Å². The Labute approximate surface area is 127 Å². The van der Waals surface area contributed by atoms with E-state index in [9.17, 15) is 9.90 Å². The van der Waals surface area contributed by atoms with E-state index >= 15 is 0 Å². The molecule has 0 unspecified atom stereocenters. The molecule has 1 aromatic carbocycles. The van der Waals surface area contributed by atoms with Crippen molar-refractivity contribution < 1.29 is 28.6 Å². The second kappa shape index (κ2) is 6.33. The molecule has 0 aliphatic carbocycles. The molecule has 0 atom stereocenters. The summed E-state index contributed by atoms with van der Waals surface area (Å²) >= 11 is 0. The minimum atomic E-state index is -0.575. The van der Waals surface area contributed by atoms with Crippen LogP contribution in [-0.4, -0.2) is 37.3 Å². The number of hydrogen-bond acceptors (Lipinski definition) is 6.